The fourth-order valence-corrected chi connectivity index (χ4v) is 2.99. The fraction of sp³-hybridized carbons (Fsp3) is 0.143. The lowest BCUT2D eigenvalue weighted by molar-refractivity contribution is -0.121. The summed E-state index contributed by atoms with van der Waals surface area (Å²) in [5, 5.41) is 12.6. The van der Waals surface area contributed by atoms with Crippen LogP contribution >= 0.6 is 0 Å². The van der Waals surface area contributed by atoms with E-state index in [1.807, 2.05) is 48.7 Å². The van der Waals surface area contributed by atoms with Gasteiger partial charge in [0.1, 0.15) is 6.54 Å². The molecule has 0 aliphatic carbocycles. The van der Waals surface area contributed by atoms with Crippen molar-refractivity contribution in [1.29, 1.82) is 0 Å². The number of carbonyl (C=O) groups is 1. The van der Waals surface area contributed by atoms with Gasteiger partial charge in [-0.2, -0.15) is 10.2 Å². The van der Waals surface area contributed by atoms with Crippen molar-refractivity contribution in [2.75, 3.05) is 6.54 Å². The zero-order chi connectivity index (χ0) is 19.3. The van der Waals surface area contributed by atoms with E-state index in [2.05, 4.69) is 15.5 Å². The van der Waals surface area contributed by atoms with Crippen molar-refractivity contribution in [3.05, 3.63) is 89.1 Å². The monoisotopic (exact) mass is 373 g/mol. The van der Waals surface area contributed by atoms with Crippen molar-refractivity contribution in [2.24, 2.45) is 0 Å². The normalized spacial score (nSPS) is 10.9. The number of nitrogens with zero attached hydrogens (tertiary/aromatic N) is 4. The molecule has 0 atom stereocenters. The van der Waals surface area contributed by atoms with Crippen LogP contribution in [0.15, 0.2) is 78.0 Å². The summed E-state index contributed by atoms with van der Waals surface area (Å²) in [6.45, 7) is 0.356. The molecule has 7 nitrogen and oxygen atoms in total. The largest absolute Gasteiger partial charge is 0.354 e. The zero-order valence-electron chi connectivity index (χ0n) is 15.2. The third-order valence-electron chi connectivity index (χ3n) is 4.45. The van der Waals surface area contributed by atoms with Crippen LogP contribution in [0.4, 0.5) is 0 Å². The van der Waals surface area contributed by atoms with Crippen LogP contribution in [0.1, 0.15) is 5.56 Å². The first-order chi connectivity index (χ1) is 13.7. The van der Waals surface area contributed by atoms with Crippen LogP contribution in [0.3, 0.4) is 0 Å². The third-order valence-corrected chi connectivity index (χ3v) is 4.45. The van der Waals surface area contributed by atoms with Crippen molar-refractivity contribution in [2.45, 2.75) is 13.0 Å². The third kappa shape index (κ3) is 3.83. The van der Waals surface area contributed by atoms with Crippen LogP contribution in [0.5, 0.6) is 0 Å². The summed E-state index contributed by atoms with van der Waals surface area (Å²) in [6.07, 6.45) is 5.98. The summed E-state index contributed by atoms with van der Waals surface area (Å²) in [4.78, 5) is 24.6. The minimum atomic E-state index is -0.266. The maximum Gasteiger partial charge on any atom is 0.275 e. The first-order valence-corrected chi connectivity index (χ1v) is 9.01. The van der Waals surface area contributed by atoms with Crippen molar-refractivity contribution < 1.29 is 4.79 Å². The predicted molar refractivity (Wildman–Crippen MR) is 106 cm³/mol. The van der Waals surface area contributed by atoms with E-state index < -0.39 is 0 Å². The van der Waals surface area contributed by atoms with Gasteiger partial charge in [-0.3, -0.25) is 9.59 Å². The van der Waals surface area contributed by atoms with E-state index in [0.717, 1.165) is 16.6 Å². The quantitative estimate of drug-likeness (QED) is 0.560. The minimum absolute atomic E-state index is 0.104. The van der Waals surface area contributed by atoms with Gasteiger partial charge in [0, 0.05) is 18.1 Å². The summed E-state index contributed by atoms with van der Waals surface area (Å²) in [6, 6.07) is 17.0. The highest BCUT2D eigenvalue weighted by Crippen LogP contribution is 2.08. The highest BCUT2D eigenvalue weighted by Gasteiger charge is 2.08. The first kappa shape index (κ1) is 17.7. The maximum absolute atomic E-state index is 12.4. The molecule has 4 rings (SSSR count). The number of rotatable bonds is 6. The molecule has 140 valence electrons. The van der Waals surface area contributed by atoms with Crippen molar-refractivity contribution in [3.63, 3.8) is 0 Å². The molecule has 0 spiro atoms. The predicted octanol–water partition coefficient (Wildman–Crippen LogP) is 1.94. The van der Waals surface area contributed by atoms with Crippen molar-refractivity contribution in [3.8, 4) is 5.69 Å². The second-order valence-electron chi connectivity index (χ2n) is 6.42. The Hall–Kier alpha value is -3.74. The maximum atomic E-state index is 12.4. The molecule has 0 unspecified atom stereocenters. The van der Waals surface area contributed by atoms with E-state index in [1.54, 1.807) is 29.2 Å². The molecule has 2 heterocycles. The van der Waals surface area contributed by atoms with Crippen LogP contribution in [0.25, 0.3) is 16.5 Å². The fourth-order valence-electron chi connectivity index (χ4n) is 2.99. The van der Waals surface area contributed by atoms with E-state index in [9.17, 15) is 9.59 Å². The summed E-state index contributed by atoms with van der Waals surface area (Å²) in [7, 11) is 0. The molecule has 0 radical (unpaired) electrons. The molecule has 4 aromatic rings. The van der Waals surface area contributed by atoms with Gasteiger partial charge in [-0.25, -0.2) is 9.36 Å². The smallest absolute Gasteiger partial charge is 0.275 e. The van der Waals surface area contributed by atoms with Crippen LogP contribution in [0.2, 0.25) is 0 Å². The van der Waals surface area contributed by atoms with Crippen molar-refractivity contribution >= 4 is 16.7 Å². The Morgan fingerprint density at radius 3 is 2.61 bits per heavy atom. The van der Waals surface area contributed by atoms with Gasteiger partial charge in [0.15, 0.2) is 0 Å². The Bertz CT molecular complexity index is 1160. The van der Waals surface area contributed by atoms with Gasteiger partial charge in [-0.15, -0.1) is 0 Å². The number of nitrogens with one attached hydrogen (secondary N) is 1. The molecular formula is C21H19N5O2. The average Bonchev–Trinajstić information content (AvgIpc) is 3.20. The summed E-state index contributed by atoms with van der Waals surface area (Å²) in [5.74, 6) is -0.250. The zero-order valence-corrected chi connectivity index (χ0v) is 15.2. The number of fused-ring (bicyclic) bond motifs is 1. The Labute approximate surface area is 161 Å². The Morgan fingerprint density at radius 1 is 0.964 bits per heavy atom. The van der Waals surface area contributed by atoms with Crippen LogP contribution in [0, 0.1) is 0 Å². The topological polar surface area (TPSA) is 81.8 Å². The molecule has 0 aliphatic rings. The summed E-state index contributed by atoms with van der Waals surface area (Å²) >= 11 is 0. The van der Waals surface area contributed by atoms with Gasteiger partial charge in [0.25, 0.3) is 5.56 Å². The van der Waals surface area contributed by atoms with E-state index >= 15 is 0 Å². The number of para-hydroxylation sites is 1. The van der Waals surface area contributed by atoms with Crippen LogP contribution in [-0.2, 0) is 17.8 Å². The lowest BCUT2D eigenvalue weighted by Gasteiger charge is -2.07. The highest BCUT2D eigenvalue weighted by molar-refractivity contribution is 5.81. The number of carbonyl (C=O) groups excluding carboxylic acids is 1. The van der Waals surface area contributed by atoms with E-state index in [0.29, 0.717) is 18.4 Å². The van der Waals surface area contributed by atoms with Crippen molar-refractivity contribution in [1.82, 2.24) is 24.9 Å². The molecule has 2 aromatic heterocycles. The molecule has 7 heteroatoms. The Balaban J connectivity index is 1.34. The average molecular weight is 373 g/mol. The number of aromatic nitrogens is 4. The molecular weight excluding hydrogens is 354 g/mol. The van der Waals surface area contributed by atoms with Gasteiger partial charge in [-0.1, -0.05) is 36.4 Å². The van der Waals surface area contributed by atoms with Gasteiger partial charge >= 0.3 is 0 Å². The van der Waals surface area contributed by atoms with Crippen LogP contribution < -0.4 is 10.9 Å². The molecule has 28 heavy (non-hydrogen) atoms. The Kier molecular flexibility index (Phi) is 4.97. The van der Waals surface area contributed by atoms with Gasteiger partial charge < -0.3 is 5.32 Å². The number of hydrogen-bond donors (Lipinski definition) is 1. The number of amides is 1. The first-order valence-electron chi connectivity index (χ1n) is 9.01. The van der Waals surface area contributed by atoms with E-state index in [-0.39, 0.29) is 18.0 Å². The summed E-state index contributed by atoms with van der Waals surface area (Å²) in [5.41, 5.74) is 1.74. The minimum Gasteiger partial charge on any atom is -0.354 e. The molecule has 0 aliphatic heterocycles. The lowest BCUT2D eigenvalue weighted by Crippen LogP contribution is -2.34. The lowest BCUT2D eigenvalue weighted by atomic mass is 10.2. The Morgan fingerprint density at radius 2 is 1.75 bits per heavy atom. The number of benzene rings is 2. The standard InChI is InChI=1S/C21H19N5O2/c27-20(15-26-21(28)19-9-5-4-6-17(19)13-24-26)22-11-10-16-12-23-25(14-16)18-7-2-1-3-8-18/h1-9,12-14H,10-11,15H2,(H,22,27). The van der Waals surface area contributed by atoms with E-state index in [1.165, 1.54) is 4.68 Å². The molecule has 0 fully saturated rings. The highest BCUT2D eigenvalue weighted by atomic mass is 16.2. The molecule has 0 saturated carbocycles. The van der Waals surface area contributed by atoms with Gasteiger partial charge in [-0.05, 0) is 30.2 Å². The van der Waals surface area contributed by atoms with E-state index in [4.69, 9.17) is 0 Å². The SMILES string of the molecule is O=C(Cn1ncc2ccccc2c1=O)NCCc1cnn(-c2ccccc2)c1. The summed E-state index contributed by atoms with van der Waals surface area (Å²) < 4.78 is 2.99. The van der Waals surface area contributed by atoms with Gasteiger partial charge in [0.2, 0.25) is 5.91 Å². The molecule has 0 bridgehead atoms. The molecule has 1 amide bonds. The van der Waals surface area contributed by atoms with Gasteiger partial charge in [0.05, 0.1) is 23.5 Å². The number of hydrogen-bond acceptors (Lipinski definition) is 4. The molecule has 2 aromatic carbocycles. The second kappa shape index (κ2) is 7.87. The molecule has 1 N–H and O–H groups in total. The second-order valence-corrected chi connectivity index (χ2v) is 6.42. The molecule has 0 saturated heterocycles. The van der Waals surface area contributed by atoms with Crippen LogP contribution in [-0.4, -0.2) is 32.0 Å².